The fraction of sp³-hybridized carbons (Fsp3) is 0.760. The third-order valence-electron chi connectivity index (χ3n) is 7.00. The van der Waals surface area contributed by atoms with Gasteiger partial charge in [0.1, 0.15) is 0 Å². The van der Waals surface area contributed by atoms with Gasteiger partial charge in [-0.2, -0.15) is 0 Å². The van der Waals surface area contributed by atoms with Crippen molar-refractivity contribution in [3.63, 3.8) is 0 Å². The first-order chi connectivity index (χ1) is 12.3. The number of hydrogen-bond donors (Lipinski definition) is 0. The van der Waals surface area contributed by atoms with E-state index in [0.717, 1.165) is 11.8 Å². The Bertz CT molecular complexity index is 515. The van der Waals surface area contributed by atoms with E-state index < -0.39 is 0 Å². The number of benzene rings is 1. The minimum atomic E-state index is 0.853. The molecule has 0 amide bonds. The first-order valence-electron chi connectivity index (χ1n) is 11.4. The lowest BCUT2D eigenvalue weighted by atomic mass is 9.77. The van der Waals surface area contributed by atoms with Crippen molar-refractivity contribution in [3.05, 3.63) is 34.4 Å². The molecule has 0 radical (unpaired) electrons. The molecule has 2 saturated carbocycles. The topological polar surface area (TPSA) is 0 Å². The second-order valence-corrected chi connectivity index (χ2v) is 8.87. The van der Waals surface area contributed by atoms with E-state index in [4.69, 9.17) is 0 Å². The predicted octanol–water partition coefficient (Wildman–Crippen LogP) is 8.21. The molecular formula is C25H40. The van der Waals surface area contributed by atoms with Crippen LogP contribution in [0.1, 0.15) is 131 Å². The Kier molecular flexibility index (Phi) is 7.44. The van der Waals surface area contributed by atoms with Crippen molar-refractivity contribution < 1.29 is 0 Å². The van der Waals surface area contributed by atoms with Crippen molar-refractivity contribution in [2.75, 3.05) is 0 Å². The van der Waals surface area contributed by atoms with E-state index in [0.29, 0.717) is 0 Å². The van der Waals surface area contributed by atoms with Crippen LogP contribution in [0.3, 0.4) is 0 Å². The summed E-state index contributed by atoms with van der Waals surface area (Å²) in [5.74, 6) is 1.71. The minimum Gasteiger partial charge on any atom is -0.0654 e. The molecule has 0 heteroatoms. The Labute approximate surface area is 156 Å². The maximum absolute atomic E-state index is 2.66. The second-order valence-electron chi connectivity index (χ2n) is 8.87. The molecule has 0 atom stereocenters. The lowest BCUT2D eigenvalue weighted by Gasteiger charge is -2.29. The van der Waals surface area contributed by atoms with E-state index in [9.17, 15) is 0 Å². The van der Waals surface area contributed by atoms with E-state index in [-0.39, 0.29) is 0 Å². The van der Waals surface area contributed by atoms with Gasteiger partial charge >= 0.3 is 0 Å². The van der Waals surface area contributed by atoms with Gasteiger partial charge in [0.2, 0.25) is 0 Å². The van der Waals surface area contributed by atoms with Crippen LogP contribution >= 0.6 is 0 Å². The average molecular weight is 341 g/mol. The van der Waals surface area contributed by atoms with Crippen LogP contribution in [-0.4, -0.2) is 0 Å². The third kappa shape index (κ3) is 5.11. The maximum Gasteiger partial charge on any atom is -0.0159 e. The SMILES string of the molecule is CCCCCCc1cc(C2CCCCC2)cc(C2CCCCC2)c1C. The Morgan fingerprint density at radius 2 is 1.40 bits per heavy atom. The predicted molar refractivity (Wildman–Crippen MR) is 111 cm³/mol. The molecule has 0 nitrogen and oxygen atoms in total. The summed E-state index contributed by atoms with van der Waals surface area (Å²) >= 11 is 0. The molecule has 1 aromatic carbocycles. The van der Waals surface area contributed by atoms with E-state index in [1.165, 1.54) is 96.3 Å². The third-order valence-corrected chi connectivity index (χ3v) is 7.00. The fourth-order valence-electron chi connectivity index (χ4n) is 5.34. The monoisotopic (exact) mass is 340 g/mol. The lowest BCUT2D eigenvalue weighted by molar-refractivity contribution is 0.434. The van der Waals surface area contributed by atoms with Gasteiger partial charge in [0.25, 0.3) is 0 Å². The van der Waals surface area contributed by atoms with Crippen LogP contribution in [0.2, 0.25) is 0 Å². The zero-order chi connectivity index (χ0) is 17.5. The molecule has 0 bridgehead atoms. The molecule has 3 rings (SSSR count). The quantitative estimate of drug-likeness (QED) is 0.439. The van der Waals surface area contributed by atoms with Crippen LogP contribution in [-0.2, 0) is 6.42 Å². The molecule has 2 fully saturated rings. The maximum atomic E-state index is 2.66. The normalized spacial score (nSPS) is 20.1. The highest BCUT2D eigenvalue weighted by molar-refractivity contribution is 5.42. The van der Waals surface area contributed by atoms with Crippen molar-refractivity contribution in [1.82, 2.24) is 0 Å². The van der Waals surface area contributed by atoms with Crippen LogP contribution < -0.4 is 0 Å². The Morgan fingerprint density at radius 1 is 0.760 bits per heavy atom. The van der Waals surface area contributed by atoms with E-state index in [1.807, 2.05) is 0 Å². The summed E-state index contributed by atoms with van der Waals surface area (Å²) < 4.78 is 0. The molecule has 1 aromatic rings. The van der Waals surface area contributed by atoms with Crippen LogP contribution in [0, 0.1) is 6.92 Å². The molecule has 2 aliphatic carbocycles. The Morgan fingerprint density at radius 3 is 2.04 bits per heavy atom. The zero-order valence-electron chi connectivity index (χ0n) is 16.9. The van der Waals surface area contributed by atoms with Gasteiger partial charge in [-0.3, -0.25) is 0 Å². The summed E-state index contributed by atoms with van der Waals surface area (Å²) in [6, 6.07) is 5.29. The second kappa shape index (κ2) is 9.79. The smallest absolute Gasteiger partial charge is 0.0159 e. The number of rotatable bonds is 7. The molecule has 0 aromatic heterocycles. The van der Waals surface area contributed by atoms with Crippen LogP contribution in [0.5, 0.6) is 0 Å². The largest absolute Gasteiger partial charge is 0.0654 e. The summed E-state index contributed by atoms with van der Waals surface area (Å²) in [5, 5.41) is 0. The zero-order valence-corrected chi connectivity index (χ0v) is 16.9. The molecule has 0 heterocycles. The molecule has 0 aliphatic heterocycles. The van der Waals surface area contributed by atoms with Crippen molar-refractivity contribution in [1.29, 1.82) is 0 Å². The van der Waals surface area contributed by atoms with E-state index in [1.54, 1.807) is 22.3 Å². The highest BCUT2D eigenvalue weighted by atomic mass is 14.3. The molecular weight excluding hydrogens is 300 g/mol. The molecule has 25 heavy (non-hydrogen) atoms. The molecule has 2 aliphatic rings. The molecule has 0 unspecified atom stereocenters. The van der Waals surface area contributed by atoms with Gasteiger partial charge in [-0.1, -0.05) is 76.8 Å². The van der Waals surface area contributed by atoms with E-state index >= 15 is 0 Å². The van der Waals surface area contributed by atoms with Crippen LogP contribution in [0.15, 0.2) is 12.1 Å². The molecule has 0 saturated heterocycles. The lowest BCUT2D eigenvalue weighted by Crippen LogP contribution is -2.11. The number of unbranched alkanes of at least 4 members (excludes halogenated alkanes) is 3. The minimum absolute atomic E-state index is 0.853. The van der Waals surface area contributed by atoms with Crippen LogP contribution in [0.25, 0.3) is 0 Å². The molecule has 140 valence electrons. The summed E-state index contributed by atoms with van der Waals surface area (Å²) in [5.41, 5.74) is 6.80. The summed E-state index contributed by atoms with van der Waals surface area (Å²) in [7, 11) is 0. The highest BCUT2D eigenvalue weighted by Gasteiger charge is 2.22. The fourth-order valence-corrected chi connectivity index (χ4v) is 5.34. The molecule has 0 N–H and O–H groups in total. The highest BCUT2D eigenvalue weighted by Crippen LogP contribution is 2.40. The number of aryl methyl sites for hydroxylation is 1. The van der Waals surface area contributed by atoms with Crippen LogP contribution in [0.4, 0.5) is 0 Å². The van der Waals surface area contributed by atoms with Crippen molar-refractivity contribution in [2.45, 2.75) is 122 Å². The first kappa shape index (κ1) is 19.0. The number of hydrogen-bond acceptors (Lipinski definition) is 0. The van der Waals surface area contributed by atoms with Gasteiger partial charge in [-0.05, 0) is 79.5 Å². The molecule has 0 spiro atoms. The van der Waals surface area contributed by atoms with E-state index in [2.05, 4.69) is 26.0 Å². The summed E-state index contributed by atoms with van der Waals surface area (Å²) in [6.07, 6.45) is 21.3. The Balaban J connectivity index is 1.83. The van der Waals surface area contributed by atoms with Crippen molar-refractivity contribution >= 4 is 0 Å². The standard InChI is InChI=1S/C25H40/c1-3-4-5-8-17-23-18-24(21-13-9-6-10-14-21)19-25(20(23)2)22-15-11-7-12-16-22/h18-19,21-22H,3-17H2,1-2H3. The van der Waals surface area contributed by atoms with Gasteiger partial charge in [-0.15, -0.1) is 0 Å². The first-order valence-corrected chi connectivity index (χ1v) is 11.4. The van der Waals surface area contributed by atoms with Gasteiger partial charge < -0.3 is 0 Å². The van der Waals surface area contributed by atoms with Gasteiger partial charge in [0.05, 0.1) is 0 Å². The average Bonchev–Trinajstić information content (AvgIpc) is 2.68. The van der Waals surface area contributed by atoms with Crippen molar-refractivity contribution in [2.24, 2.45) is 0 Å². The Hall–Kier alpha value is -0.780. The summed E-state index contributed by atoms with van der Waals surface area (Å²) in [4.78, 5) is 0. The summed E-state index contributed by atoms with van der Waals surface area (Å²) in [6.45, 7) is 4.75. The van der Waals surface area contributed by atoms with Crippen molar-refractivity contribution in [3.8, 4) is 0 Å². The van der Waals surface area contributed by atoms with Gasteiger partial charge in [-0.25, -0.2) is 0 Å². The van der Waals surface area contributed by atoms with Gasteiger partial charge in [0.15, 0.2) is 0 Å². The van der Waals surface area contributed by atoms with Gasteiger partial charge in [0, 0.05) is 0 Å².